The summed E-state index contributed by atoms with van der Waals surface area (Å²) >= 11 is 0. The number of piperazine rings is 1. The van der Waals surface area contributed by atoms with Crippen molar-refractivity contribution in [3.63, 3.8) is 0 Å². The van der Waals surface area contributed by atoms with Crippen molar-refractivity contribution in [1.29, 1.82) is 0 Å². The summed E-state index contributed by atoms with van der Waals surface area (Å²) in [7, 11) is -0.855. The van der Waals surface area contributed by atoms with Crippen molar-refractivity contribution in [1.82, 2.24) is 14.1 Å². The first kappa shape index (κ1) is 21.3. The molecule has 0 amide bonds. The summed E-state index contributed by atoms with van der Waals surface area (Å²) in [6.07, 6.45) is 3.91. The molecule has 2 heterocycles. The van der Waals surface area contributed by atoms with Crippen molar-refractivity contribution in [2.45, 2.75) is 32.6 Å². The van der Waals surface area contributed by atoms with Crippen LogP contribution in [0.4, 0.5) is 0 Å². The Morgan fingerprint density at radius 1 is 1.17 bits per heavy atom. The summed E-state index contributed by atoms with van der Waals surface area (Å²) in [5, 5.41) is 6.89. The van der Waals surface area contributed by atoms with Crippen LogP contribution in [0.5, 0.6) is 0 Å². The van der Waals surface area contributed by atoms with E-state index in [-0.39, 0.29) is 6.47 Å². The van der Waals surface area contributed by atoms with Crippen LogP contribution in [0.15, 0.2) is 0 Å². The quantitative estimate of drug-likeness (QED) is 0.702. The van der Waals surface area contributed by atoms with Gasteiger partial charge in [-0.15, -0.1) is 0 Å². The summed E-state index contributed by atoms with van der Waals surface area (Å²) in [4.78, 5) is 13.2. The van der Waals surface area contributed by atoms with Gasteiger partial charge < -0.3 is 14.9 Å². The van der Waals surface area contributed by atoms with E-state index in [1.54, 1.807) is 4.31 Å². The maximum absolute atomic E-state index is 12.3. The Labute approximate surface area is 146 Å². The zero-order valence-corrected chi connectivity index (χ0v) is 15.9. The van der Waals surface area contributed by atoms with E-state index in [1.165, 1.54) is 6.42 Å². The zero-order valence-electron chi connectivity index (χ0n) is 15.1. The molecule has 2 rings (SSSR count). The predicted molar refractivity (Wildman–Crippen MR) is 95.6 cm³/mol. The van der Waals surface area contributed by atoms with Gasteiger partial charge in [-0.05, 0) is 32.2 Å². The molecule has 0 radical (unpaired) electrons. The minimum absolute atomic E-state index is 0.250. The summed E-state index contributed by atoms with van der Waals surface area (Å²) in [6, 6.07) is 0. The first-order valence-corrected chi connectivity index (χ1v) is 10.5. The fraction of sp³-hybridized carbons (Fsp3) is 0.938. The number of rotatable bonds is 6. The first-order valence-electron chi connectivity index (χ1n) is 8.89. The second-order valence-electron chi connectivity index (χ2n) is 6.75. The number of piperidine rings is 1. The van der Waals surface area contributed by atoms with E-state index in [2.05, 4.69) is 16.8 Å². The van der Waals surface area contributed by atoms with E-state index < -0.39 is 10.0 Å². The molecule has 0 aromatic carbocycles. The van der Waals surface area contributed by atoms with Gasteiger partial charge in [0.05, 0.1) is 5.75 Å². The molecule has 0 aliphatic carbocycles. The van der Waals surface area contributed by atoms with Gasteiger partial charge in [0.25, 0.3) is 6.47 Å². The molecule has 8 heteroatoms. The topological polar surface area (TPSA) is 81.2 Å². The van der Waals surface area contributed by atoms with Crippen LogP contribution >= 0.6 is 0 Å². The molecule has 0 bridgehead atoms. The maximum atomic E-state index is 12.3. The van der Waals surface area contributed by atoms with Gasteiger partial charge >= 0.3 is 0 Å². The highest BCUT2D eigenvalue weighted by Crippen LogP contribution is 2.21. The third-order valence-electron chi connectivity index (χ3n) is 4.74. The van der Waals surface area contributed by atoms with Gasteiger partial charge in [0.2, 0.25) is 10.0 Å². The number of likely N-dealkylation sites (N-methyl/N-ethyl adjacent to an activating group) is 1. The molecule has 0 spiro atoms. The Hall–Kier alpha value is -0.700. The third-order valence-corrected chi connectivity index (χ3v) is 6.67. The summed E-state index contributed by atoms with van der Waals surface area (Å²) in [6.45, 7) is 8.82. The van der Waals surface area contributed by atoms with Crippen LogP contribution in [0.1, 0.15) is 32.6 Å². The molecular weight excluding hydrogens is 330 g/mol. The van der Waals surface area contributed by atoms with Gasteiger partial charge in [0, 0.05) is 45.8 Å². The van der Waals surface area contributed by atoms with Crippen molar-refractivity contribution in [3.8, 4) is 0 Å². The lowest BCUT2D eigenvalue weighted by molar-refractivity contribution is -0.122. The van der Waals surface area contributed by atoms with Crippen LogP contribution in [0.25, 0.3) is 0 Å². The fourth-order valence-corrected chi connectivity index (χ4v) is 5.04. The Bertz CT molecular complexity index is 450. The van der Waals surface area contributed by atoms with Gasteiger partial charge in [-0.2, -0.15) is 0 Å². The molecule has 1 unspecified atom stereocenters. The highest BCUT2D eigenvalue weighted by molar-refractivity contribution is 7.89. The second kappa shape index (κ2) is 11.0. The number of carbonyl (C=O) groups is 1. The number of unbranched alkanes of at least 4 members (excludes halogenated alkanes) is 1. The normalized spacial score (nSPS) is 24.2. The molecule has 0 aromatic heterocycles. The predicted octanol–water partition coefficient (Wildman–Crippen LogP) is 0.777. The monoisotopic (exact) mass is 363 g/mol. The van der Waals surface area contributed by atoms with Gasteiger partial charge in [0.1, 0.15) is 0 Å². The number of sulfonamides is 1. The first-order chi connectivity index (χ1) is 11.4. The highest BCUT2D eigenvalue weighted by Gasteiger charge is 2.29. The lowest BCUT2D eigenvalue weighted by atomic mass is 9.99. The minimum atomic E-state index is -3.02. The molecular formula is C16H33N3O4S. The molecule has 142 valence electrons. The Morgan fingerprint density at radius 2 is 1.79 bits per heavy atom. The molecule has 2 fully saturated rings. The van der Waals surface area contributed by atoms with E-state index in [0.717, 1.165) is 65.1 Å². The molecule has 2 aliphatic heterocycles. The van der Waals surface area contributed by atoms with Gasteiger partial charge in [-0.1, -0.05) is 13.3 Å². The molecule has 24 heavy (non-hydrogen) atoms. The largest absolute Gasteiger partial charge is 0.483 e. The lowest BCUT2D eigenvalue weighted by Crippen LogP contribution is -2.49. The number of nitrogens with zero attached hydrogens (tertiary/aromatic N) is 3. The summed E-state index contributed by atoms with van der Waals surface area (Å²) < 4.78 is 26.4. The SMILES string of the molecule is CCCCS(=O)(=O)N1CCCC(CN2CCN(C)CC2)C1.O=CO. The smallest absolute Gasteiger partial charge is 0.290 e. The van der Waals surface area contributed by atoms with Crippen LogP contribution in [0.2, 0.25) is 0 Å². The van der Waals surface area contributed by atoms with Crippen LogP contribution in [-0.4, -0.2) is 92.7 Å². The van der Waals surface area contributed by atoms with E-state index in [1.807, 2.05) is 6.92 Å². The third kappa shape index (κ3) is 7.46. The van der Waals surface area contributed by atoms with Crippen molar-refractivity contribution >= 4 is 16.5 Å². The van der Waals surface area contributed by atoms with Crippen molar-refractivity contribution in [3.05, 3.63) is 0 Å². The molecule has 1 N–H and O–H groups in total. The summed E-state index contributed by atoms with van der Waals surface area (Å²) in [5.74, 6) is 0.837. The van der Waals surface area contributed by atoms with E-state index in [4.69, 9.17) is 9.90 Å². The Kier molecular flexibility index (Phi) is 9.80. The van der Waals surface area contributed by atoms with Gasteiger partial charge in [-0.25, -0.2) is 12.7 Å². The van der Waals surface area contributed by atoms with Crippen LogP contribution in [-0.2, 0) is 14.8 Å². The minimum Gasteiger partial charge on any atom is -0.483 e. The van der Waals surface area contributed by atoms with Crippen LogP contribution < -0.4 is 0 Å². The molecule has 1 atom stereocenters. The second-order valence-corrected chi connectivity index (χ2v) is 8.83. The zero-order chi connectivity index (χ0) is 18.0. The molecule has 2 aliphatic rings. The van der Waals surface area contributed by atoms with Gasteiger partial charge in [0.15, 0.2) is 0 Å². The standard InChI is InChI=1S/C15H31N3O2S.CH2O2/c1-3-4-12-21(19,20)18-7-5-6-15(14-18)13-17-10-8-16(2)9-11-17;2-1-3/h15H,3-14H2,1-2H3;1H,(H,2,3). The number of hydrogen-bond acceptors (Lipinski definition) is 5. The van der Waals surface area contributed by atoms with E-state index >= 15 is 0 Å². The molecule has 7 nitrogen and oxygen atoms in total. The van der Waals surface area contributed by atoms with Crippen LogP contribution in [0.3, 0.4) is 0 Å². The van der Waals surface area contributed by atoms with E-state index in [9.17, 15) is 8.42 Å². The molecule has 2 saturated heterocycles. The Balaban J connectivity index is 0.000000891. The van der Waals surface area contributed by atoms with Crippen LogP contribution in [0, 0.1) is 5.92 Å². The number of carboxylic acid groups (broad SMARTS) is 1. The fourth-order valence-electron chi connectivity index (χ4n) is 3.28. The lowest BCUT2D eigenvalue weighted by Gasteiger charge is -2.38. The molecule has 0 saturated carbocycles. The van der Waals surface area contributed by atoms with Gasteiger partial charge in [-0.3, -0.25) is 4.79 Å². The summed E-state index contributed by atoms with van der Waals surface area (Å²) in [5.41, 5.74) is 0. The molecule has 0 aromatic rings. The number of hydrogen-bond donors (Lipinski definition) is 1. The Morgan fingerprint density at radius 3 is 2.38 bits per heavy atom. The van der Waals surface area contributed by atoms with Crippen molar-refractivity contribution in [2.75, 3.05) is 58.6 Å². The highest BCUT2D eigenvalue weighted by atomic mass is 32.2. The maximum Gasteiger partial charge on any atom is 0.290 e. The van der Waals surface area contributed by atoms with Crippen molar-refractivity contribution in [2.24, 2.45) is 5.92 Å². The van der Waals surface area contributed by atoms with E-state index in [0.29, 0.717) is 11.7 Å². The average Bonchev–Trinajstić information content (AvgIpc) is 2.56. The average molecular weight is 364 g/mol. The van der Waals surface area contributed by atoms with Crippen molar-refractivity contribution < 1.29 is 18.3 Å².